The number of nitrogens with two attached hydrogens (primary N) is 1. The number of rotatable bonds is 6. The number of nitrogens with zero attached hydrogens (tertiary/aromatic N) is 1. The van der Waals surface area contributed by atoms with Crippen LogP contribution < -0.4 is 10.6 Å². The largest absolute Gasteiger partial charge is 0.330 e. The van der Waals surface area contributed by atoms with Crippen molar-refractivity contribution in [3.05, 3.63) is 30.1 Å². The molecule has 0 aliphatic rings. The molecule has 0 aliphatic heterocycles. The highest BCUT2D eigenvalue weighted by molar-refractivity contribution is 5.97. The molecule has 0 saturated heterocycles. The molecule has 0 spiro atoms. The molecule has 3 nitrogen and oxygen atoms in total. The summed E-state index contributed by atoms with van der Waals surface area (Å²) in [7, 11) is 0. The Hall–Kier alpha value is -1.42. The van der Waals surface area contributed by atoms with Crippen molar-refractivity contribution in [2.24, 2.45) is 11.1 Å². The van der Waals surface area contributed by atoms with Gasteiger partial charge in [0.05, 0.1) is 0 Å². The Morgan fingerprint density at radius 2 is 2.11 bits per heavy atom. The van der Waals surface area contributed by atoms with Crippen LogP contribution in [0.2, 0.25) is 0 Å². The van der Waals surface area contributed by atoms with E-state index >= 15 is 0 Å². The monoisotopic (exact) mass is 266 g/mol. The van der Waals surface area contributed by atoms with Crippen LogP contribution in [0.15, 0.2) is 24.3 Å². The van der Waals surface area contributed by atoms with Gasteiger partial charge in [0.1, 0.15) is 5.82 Å². The lowest BCUT2D eigenvalue weighted by Gasteiger charge is -2.31. The molecule has 19 heavy (non-hydrogen) atoms. The van der Waals surface area contributed by atoms with Crippen LogP contribution in [-0.2, 0) is 4.79 Å². The van der Waals surface area contributed by atoms with Gasteiger partial charge < -0.3 is 10.6 Å². The third-order valence-corrected chi connectivity index (χ3v) is 3.41. The van der Waals surface area contributed by atoms with Gasteiger partial charge >= 0.3 is 0 Å². The summed E-state index contributed by atoms with van der Waals surface area (Å²) in [5.41, 5.74) is 5.65. The van der Waals surface area contributed by atoms with Gasteiger partial charge in [-0.1, -0.05) is 26.8 Å². The molecule has 0 aliphatic carbocycles. The first-order valence-electron chi connectivity index (χ1n) is 6.70. The maximum Gasteiger partial charge on any atom is 0.232 e. The predicted octanol–water partition coefficient (Wildman–Crippen LogP) is 2.94. The van der Waals surface area contributed by atoms with Crippen molar-refractivity contribution in [1.82, 2.24) is 0 Å². The van der Waals surface area contributed by atoms with Crippen molar-refractivity contribution in [1.29, 1.82) is 0 Å². The van der Waals surface area contributed by atoms with Crippen LogP contribution in [0.5, 0.6) is 0 Å². The van der Waals surface area contributed by atoms with Gasteiger partial charge in [-0.25, -0.2) is 4.39 Å². The first-order chi connectivity index (χ1) is 8.92. The molecule has 1 aromatic carbocycles. The topological polar surface area (TPSA) is 46.3 Å². The summed E-state index contributed by atoms with van der Waals surface area (Å²) >= 11 is 0. The first-order valence-corrected chi connectivity index (χ1v) is 6.70. The Balaban J connectivity index is 3.04. The molecule has 1 aromatic rings. The Labute approximate surface area is 114 Å². The molecule has 2 N–H and O–H groups in total. The van der Waals surface area contributed by atoms with Crippen molar-refractivity contribution in [3.8, 4) is 0 Å². The molecule has 0 fully saturated rings. The lowest BCUT2D eigenvalue weighted by molar-refractivity contribution is -0.126. The SMILES string of the molecule is CCC(C)(C)C(=O)N(CCCN)c1cccc(F)c1. The Morgan fingerprint density at radius 1 is 1.42 bits per heavy atom. The summed E-state index contributed by atoms with van der Waals surface area (Å²) < 4.78 is 13.3. The van der Waals surface area contributed by atoms with Crippen LogP contribution in [0.3, 0.4) is 0 Å². The maximum absolute atomic E-state index is 13.3. The molecule has 0 unspecified atom stereocenters. The molecule has 0 bridgehead atoms. The van der Waals surface area contributed by atoms with Crippen molar-refractivity contribution in [2.75, 3.05) is 18.0 Å². The number of hydrogen-bond acceptors (Lipinski definition) is 2. The van der Waals surface area contributed by atoms with Crippen LogP contribution in [0.25, 0.3) is 0 Å². The summed E-state index contributed by atoms with van der Waals surface area (Å²) in [6.45, 7) is 6.81. The minimum atomic E-state index is -0.457. The summed E-state index contributed by atoms with van der Waals surface area (Å²) in [6.07, 6.45) is 1.43. The van der Waals surface area contributed by atoms with Crippen molar-refractivity contribution in [3.63, 3.8) is 0 Å². The molecule has 0 aromatic heterocycles. The number of hydrogen-bond donors (Lipinski definition) is 1. The minimum absolute atomic E-state index is 0.00838. The van der Waals surface area contributed by atoms with Gasteiger partial charge in [-0.2, -0.15) is 0 Å². The maximum atomic E-state index is 13.3. The molecule has 1 amide bonds. The Bertz CT molecular complexity index is 432. The third-order valence-electron chi connectivity index (χ3n) is 3.41. The minimum Gasteiger partial charge on any atom is -0.330 e. The van der Waals surface area contributed by atoms with Crippen LogP contribution >= 0.6 is 0 Å². The van der Waals surface area contributed by atoms with Gasteiger partial charge in [0.15, 0.2) is 0 Å². The Morgan fingerprint density at radius 3 is 2.63 bits per heavy atom. The van der Waals surface area contributed by atoms with E-state index in [1.807, 2.05) is 20.8 Å². The van der Waals surface area contributed by atoms with E-state index in [1.165, 1.54) is 12.1 Å². The normalized spacial score (nSPS) is 11.4. The number of carbonyl (C=O) groups excluding carboxylic acids is 1. The van der Waals surface area contributed by atoms with Gasteiger partial charge in [0, 0.05) is 17.6 Å². The summed E-state index contributed by atoms with van der Waals surface area (Å²) in [6, 6.07) is 6.13. The lowest BCUT2D eigenvalue weighted by Crippen LogP contribution is -2.42. The van der Waals surface area contributed by atoms with Gasteiger partial charge in [-0.05, 0) is 37.6 Å². The van der Waals surface area contributed by atoms with Crippen LogP contribution in [0, 0.1) is 11.2 Å². The number of halogens is 1. The number of benzene rings is 1. The van der Waals surface area contributed by atoms with Gasteiger partial charge in [-0.3, -0.25) is 4.79 Å². The summed E-state index contributed by atoms with van der Waals surface area (Å²) in [4.78, 5) is 14.2. The second kappa shape index (κ2) is 6.66. The molecule has 0 atom stereocenters. The molecular weight excluding hydrogens is 243 g/mol. The van der Waals surface area contributed by atoms with Crippen molar-refractivity contribution in [2.45, 2.75) is 33.6 Å². The zero-order valence-electron chi connectivity index (χ0n) is 11.9. The molecule has 1 rings (SSSR count). The highest BCUT2D eigenvalue weighted by atomic mass is 19.1. The third kappa shape index (κ3) is 4.03. The van der Waals surface area contributed by atoms with Gasteiger partial charge in [-0.15, -0.1) is 0 Å². The number of carbonyl (C=O) groups is 1. The molecular formula is C15H23FN2O. The highest BCUT2D eigenvalue weighted by Gasteiger charge is 2.30. The van der Waals surface area contributed by atoms with Crippen molar-refractivity contribution >= 4 is 11.6 Å². The quantitative estimate of drug-likeness (QED) is 0.860. The van der Waals surface area contributed by atoms with E-state index in [1.54, 1.807) is 17.0 Å². The van der Waals surface area contributed by atoms with E-state index in [9.17, 15) is 9.18 Å². The van der Waals surface area contributed by atoms with Crippen LogP contribution in [0.1, 0.15) is 33.6 Å². The zero-order valence-corrected chi connectivity index (χ0v) is 11.9. The summed E-state index contributed by atoms with van der Waals surface area (Å²) in [5.74, 6) is -0.327. The second-order valence-electron chi connectivity index (χ2n) is 5.32. The highest BCUT2D eigenvalue weighted by Crippen LogP contribution is 2.27. The molecule has 4 heteroatoms. The standard InChI is InChI=1S/C15H23FN2O/c1-4-15(2,3)14(19)18(10-6-9-17)13-8-5-7-12(16)11-13/h5,7-8,11H,4,6,9-10,17H2,1-3H3. The van der Waals surface area contributed by atoms with Crippen molar-refractivity contribution < 1.29 is 9.18 Å². The van der Waals surface area contributed by atoms with E-state index in [0.717, 1.165) is 6.42 Å². The zero-order chi connectivity index (χ0) is 14.5. The molecule has 106 valence electrons. The molecule has 0 saturated carbocycles. The fourth-order valence-corrected chi connectivity index (χ4v) is 1.76. The predicted molar refractivity (Wildman–Crippen MR) is 76.5 cm³/mol. The van der Waals surface area contributed by atoms with E-state index < -0.39 is 5.41 Å². The van der Waals surface area contributed by atoms with Crippen LogP contribution in [-0.4, -0.2) is 19.0 Å². The first kappa shape index (κ1) is 15.6. The fourth-order valence-electron chi connectivity index (χ4n) is 1.76. The summed E-state index contributed by atoms with van der Waals surface area (Å²) in [5, 5.41) is 0. The Kier molecular flexibility index (Phi) is 5.48. The van der Waals surface area contributed by atoms with E-state index in [4.69, 9.17) is 5.73 Å². The fraction of sp³-hybridized carbons (Fsp3) is 0.533. The molecule has 0 radical (unpaired) electrons. The number of amides is 1. The second-order valence-corrected chi connectivity index (χ2v) is 5.32. The van der Waals surface area contributed by atoms with E-state index in [2.05, 4.69) is 0 Å². The lowest BCUT2D eigenvalue weighted by atomic mass is 9.88. The number of anilines is 1. The average Bonchev–Trinajstić information content (AvgIpc) is 2.39. The van der Waals surface area contributed by atoms with Gasteiger partial charge in [0.25, 0.3) is 0 Å². The molecule has 0 heterocycles. The van der Waals surface area contributed by atoms with E-state index in [0.29, 0.717) is 25.2 Å². The van der Waals surface area contributed by atoms with Gasteiger partial charge in [0.2, 0.25) is 5.91 Å². The smallest absolute Gasteiger partial charge is 0.232 e. The average molecular weight is 266 g/mol. The van der Waals surface area contributed by atoms with E-state index in [-0.39, 0.29) is 11.7 Å². The van der Waals surface area contributed by atoms with Crippen LogP contribution in [0.4, 0.5) is 10.1 Å².